The second-order valence-electron chi connectivity index (χ2n) is 11.7. The monoisotopic (exact) mass is 605 g/mol. The van der Waals surface area contributed by atoms with Gasteiger partial charge in [0.15, 0.2) is 0 Å². The summed E-state index contributed by atoms with van der Waals surface area (Å²) in [5.41, 5.74) is 4.53. The second kappa shape index (κ2) is 10.2. The van der Waals surface area contributed by atoms with E-state index < -0.39 is 24.2 Å². The van der Waals surface area contributed by atoms with Crippen LogP contribution in [0.2, 0.25) is 0 Å². The predicted octanol–water partition coefficient (Wildman–Crippen LogP) is 13.2. The first-order valence-corrected chi connectivity index (χ1v) is 15.4. The van der Waals surface area contributed by atoms with Crippen LogP contribution < -0.4 is 0 Å². The Kier molecular flexibility index (Phi) is 4.05. The van der Waals surface area contributed by atoms with Gasteiger partial charge in [-0.15, -0.1) is 0 Å². The quantitative estimate of drug-likeness (QED) is 0.183. The molecular weight excluding hydrogens is 569 g/mol. The first-order valence-electron chi connectivity index (χ1n) is 19.9. The van der Waals surface area contributed by atoms with Crippen LogP contribution in [0.1, 0.15) is 12.3 Å². The molecule has 0 aliphatic carbocycles. The van der Waals surface area contributed by atoms with Crippen LogP contribution in [-0.2, 0) is 0 Å². The molecule has 0 saturated heterocycles. The minimum Gasteiger partial charge on any atom is -0.456 e. The minimum absolute atomic E-state index is 0.00184. The molecule has 1 heterocycles. The van der Waals surface area contributed by atoms with Crippen LogP contribution in [0.15, 0.2) is 174 Å². The lowest BCUT2D eigenvalue weighted by molar-refractivity contribution is 0.669. The van der Waals surface area contributed by atoms with Crippen molar-refractivity contribution in [1.82, 2.24) is 0 Å². The van der Waals surface area contributed by atoms with Crippen molar-refractivity contribution < 1.29 is 16.8 Å². The number of hydrogen-bond donors (Lipinski definition) is 0. The van der Waals surface area contributed by atoms with Gasteiger partial charge in [0.1, 0.15) is 11.2 Å². The zero-order valence-corrected chi connectivity index (χ0v) is 24.9. The Morgan fingerprint density at radius 3 is 1.70 bits per heavy atom. The van der Waals surface area contributed by atoms with Crippen molar-refractivity contribution in [2.24, 2.45) is 0 Å². The number of rotatable bonds is 3. The van der Waals surface area contributed by atoms with Crippen LogP contribution in [0.4, 0.5) is 0 Å². The van der Waals surface area contributed by atoms with Crippen LogP contribution in [0.25, 0.3) is 98.4 Å². The molecule has 0 aliphatic heterocycles. The summed E-state index contributed by atoms with van der Waals surface area (Å²) < 4.78 is 86.3. The first-order chi connectivity index (χ1) is 27.1. The zero-order valence-electron chi connectivity index (χ0n) is 33.9. The van der Waals surface area contributed by atoms with Gasteiger partial charge < -0.3 is 4.42 Å². The topological polar surface area (TPSA) is 13.1 Å². The van der Waals surface area contributed by atoms with Gasteiger partial charge in [0, 0.05) is 10.8 Å². The number of benzene rings is 9. The Balaban J connectivity index is 1.29. The van der Waals surface area contributed by atoms with E-state index in [0.29, 0.717) is 5.56 Å². The number of furan rings is 1. The Morgan fingerprint density at radius 1 is 0.362 bits per heavy atom. The summed E-state index contributed by atoms with van der Waals surface area (Å²) in [5, 5.41) is 5.32. The maximum absolute atomic E-state index is 9.75. The molecule has 0 aliphatic rings. The highest BCUT2D eigenvalue weighted by Crippen LogP contribution is 2.45. The summed E-state index contributed by atoms with van der Waals surface area (Å²) in [6.45, 7) is 0. The molecule has 0 atom stereocenters. The minimum atomic E-state index is -0.537. The molecule has 47 heavy (non-hydrogen) atoms. The molecule has 0 spiro atoms. The molecule has 0 amide bonds. The number of fused-ring (bicyclic) bond motifs is 7. The average Bonchev–Trinajstić information content (AvgIpc) is 3.64. The van der Waals surface area contributed by atoms with Crippen molar-refractivity contribution in [2.75, 3.05) is 0 Å². The van der Waals surface area contributed by atoms with Gasteiger partial charge in [-0.2, -0.15) is 0 Å². The van der Waals surface area contributed by atoms with E-state index in [2.05, 4.69) is 54.6 Å². The first kappa shape index (κ1) is 18.7. The van der Waals surface area contributed by atoms with Crippen LogP contribution >= 0.6 is 0 Å². The van der Waals surface area contributed by atoms with Gasteiger partial charge in [-0.25, -0.2) is 0 Å². The standard InChI is InChI=1S/C46H28O/c1-2-11-30-24-34(21-20-29(30)10-1)31-14-9-15-35(25-31)45-37-16-5-7-18-39(37)46(40-19-8-6-17-38(40)45)36-22-23-43-41(27-36)42-26-32-12-3-4-13-33(32)28-44(42)47-43/h1-28H/i3D,4D,12D,13D,22D,23D,26D,27D,28D. The summed E-state index contributed by atoms with van der Waals surface area (Å²) >= 11 is 0. The largest absolute Gasteiger partial charge is 0.456 e. The normalized spacial score (nSPS) is 14.5. The Bertz CT molecular complexity index is 3310. The van der Waals surface area contributed by atoms with Crippen molar-refractivity contribution in [1.29, 1.82) is 0 Å². The van der Waals surface area contributed by atoms with Crippen molar-refractivity contribution in [2.45, 2.75) is 0 Å². The van der Waals surface area contributed by atoms with E-state index in [9.17, 15) is 5.48 Å². The molecule has 0 radical (unpaired) electrons. The fourth-order valence-electron chi connectivity index (χ4n) is 6.92. The lowest BCUT2D eigenvalue weighted by atomic mass is 9.85. The Hall–Kier alpha value is -6.18. The molecule has 1 heteroatoms. The predicted molar refractivity (Wildman–Crippen MR) is 200 cm³/mol. The third-order valence-corrected chi connectivity index (χ3v) is 9.05. The van der Waals surface area contributed by atoms with Crippen molar-refractivity contribution >= 4 is 65.0 Å². The number of hydrogen-bond acceptors (Lipinski definition) is 1. The molecule has 218 valence electrons. The SMILES string of the molecule is [2H]c1c(-c2c3ccccc3c(-c3cccc(-c4ccc5ccccc5c4)c3)c3ccccc23)c([2H])c2c(oc3c([2H])c4c([2H])c([2H])c([2H])c([2H])c4c([2H])c32)c1[2H]. The smallest absolute Gasteiger partial charge is 0.136 e. The van der Waals surface area contributed by atoms with Gasteiger partial charge in [0.25, 0.3) is 0 Å². The van der Waals surface area contributed by atoms with E-state index >= 15 is 0 Å². The van der Waals surface area contributed by atoms with E-state index in [-0.39, 0.29) is 68.5 Å². The Labute approximate surface area is 284 Å². The third kappa shape index (κ3) is 4.10. The molecule has 0 unspecified atom stereocenters. The van der Waals surface area contributed by atoms with Gasteiger partial charge in [0.2, 0.25) is 0 Å². The fraction of sp³-hybridized carbons (Fsp3) is 0. The molecule has 9 aromatic carbocycles. The third-order valence-electron chi connectivity index (χ3n) is 9.05. The summed E-state index contributed by atoms with van der Waals surface area (Å²) in [5.74, 6) is 0. The van der Waals surface area contributed by atoms with Crippen LogP contribution in [0.5, 0.6) is 0 Å². The van der Waals surface area contributed by atoms with Crippen molar-refractivity contribution in [3.63, 3.8) is 0 Å². The maximum atomic E-state index is 9.75. The molecule has 0 bridgehead atoms. The molecule has 1 aromatic heterocycles. The Morgan fingerprint density at radius 2 is 0.957 bits per heavy atom. The van der Waals surface area contributed by atoms with E-state index in [1.165, 1.54) is 5.39 Å². The van der Waals surface area contributed by atoms with Crippen molar-refractivity contribution in [3.8, 4) is 33.4 Å². The van der Waals surface area contributed by atoms with Gasteiger partial charge in [0.05, 0.1) is 12.3 Å². The van der Waals surface area contributed by atoms with Gasteiger partial charge in [-0.05, 0) is 113 Å². The van der Waals surface area contributed by atoms with Crippen LogP contribution in [0.3, 0.4) is 0 Å². The van der Waals surface area contributed by atoms with E-state index in [4.69, 9.17) is 11.3 Å². The molecule has 0 saturated carbocycles. The maximum Gasteiger partial charge on any atom is 0.136 e. The summed E-state index contributed by atoms with van der Waals surface area (Å²) in [4.78, 5) is 0. The van der Waals surface area contributed by atoms with E-state index in [1.54, 1.807) is 0 Å². The van der Waals surface area contributed by atoms with Gasteiger partial charge in [-0.1, -0.05) is 133 Å². The lowest BCUT2D eigenvalue weighted by Crippen LogP contribution is -1.91. The van der Waals surface area contributed by atoms with E-state index in [0.717, 1.165) is 49.2 Å². The fourth-order valence-corrected chi connectivity index (χ4v) is 6.92. The average molecular weight is 606 g/mol. The zero-order chi connectivity index (χ0) is 38.7. The highest BCUT2D eigenvalue weighted by atomic mass is 16.3. The summed E-state index contributed by atoms with van der Waals surface area (Å²) in [7, 11) is 0. The highest BCUT2D eigenvalue weighted by molar-refractivity contribution is 6.22. The highest BCUT2D eigenvalue weighted by Gasteiger charge is 2.18. The molecular formula is C46H28O. The van der Waals surface area contributed by atoms with Crippen LogP contribution in [0, 0.1) is 0 Å². The lowest BCUT2D eigenvalue weighted by Gasteiger charge is -2.18. The molecule has 10 rings (SSSR count). The molecule has 1 nitrogen and oxygen atoms in total. The summed E-state index contributed by atoms with van der Waals surface area (Å²) in [6, 6.07) is 35.4. The second-order valence-corrected chi connectivity index (χ2v) is 11.7. The van der Waals surface area contributed by atoms with Crippen LogP contribution in [-0.4, -0.2) is 0 Å². The van der Waals surface area contributed by atoms with Gasteiger partial charge >= 0.3 is 0 Å². The van der Waals surface area contributed by atoms with E-state index in [1.807, 2.05) is 60.7 Å². The van der Waals surface area contributed by atoms with Gasteiger partial charge in [-0.3, -0.25) is 0 Å². The summed E-state index contributed by atoms with van der Waals surface area (Å²) in [6.07, 6.45) is 0. The molecule has 0 N–H and O–H groups in total. The molecule has 0 fully saturated rings. The van der Waals surface area contributed by atoms with Crippen molar-refractivity contribution in [3.05, 3.63) is 170 Å². The molecule has 10 aromatic rings.